The zero-order chi connectivity index (χ0) is 15.1. The summed E-state index contributed by atoms with van der Waals surface area (Å²) in [5.41, 5.74) is 0.841. The molecular weight excluding hydrogens is 232 g/mol. The highest BCUT2D eigenvalue weighted by Crippen LogP contribution is 2.27. The Morgan fingerprint density at radius 1 is 0.684 bits per heavy atom. The molecule has 0 amide bonds. The molecule has 1 heteroatoms. The van der Waals surface area contributed by atoms with E-state index >= 15 is 0 Å². The summed E-state index contributed by atoms with van der Waals surface area (Å²) in [5, 5.41) is 0. The summed E-state index contributed by atoms with van der Waals surface area (Å²) >= 11 is 0. The van der Waals surface area contributed by atoms with Crippen LogP contribution in [0.15, 0.2) is 0 Å². The maximum absolute atomic E-state index is 6.34. The fourth-order valence-electron chi connectivity index (χ4n) is 2.20. The molecule has 0 aliphatic carbocycles. The molecule has 0 heterocycles. The molecule has 0 aliphatic rings. The summed E-state index contributed by atoms with van der Waals surface area (Å²) in [6.45, 7) is 18.4. The lowest BCUT2D eigenvalue weighted by atomic mass is 9.88. The number of ether oxygens (including phenoxy) is 1. The second-order valence-corrected chi connectivity index (χ2v) is 8.40. The van der Waals surface area contributed by atoms with Crippen LogP contribution in [-0.4, -0.2) is 12.2 Å². The molecule has 0 aromatic rings. The fraction of sp³-hybridized carbons (Fsp3) is 1.00. The van der Waals surface area contributed by atoms with Crippen molar-refractivity contribution in [3.63, 3.8) is 0 Å². The second-order valence-electron chi connectivity index (χ2n) is 8.40. The second kappa shape index (κ2) is 8.29. The predicted octanol–water partition coefficient (Wildman–Crippen LogP) is 6.21. The van der Waals surface area contributed by atoms with E-state index in [2.05, 4.69) is 55.4 Å². The van der Waals surface area contributed by atoms with Crippen molar-refractivity contribution >= 4 is 0 Å². The molecule has 0 aromatic heterocycles. The van der Waals surface area contributed by atoms with Crippen LogP contribution in [0.4, 0.5) is 0 Å². The maximum atomic E-state index is 6.34. The Kier molecular flexibility index (Phi) is 8.27. The van der Waals surface area contributed by atoms with E-state index in [1.807, 2.05) is 0 Å². The lowest BCUT2D eigenvalue weighted by Gasteiger charge is -2.28. The molecule has 19 heavy (non-hydrogen) atoms. The van der Waals surface area contributed by atoms with Gasteiger partial charge < -0.3 is 4.74 Å². The summed E-state index contributed by atoms with van der Waals surface area (Å²) in [5.74, 6) is 0. The van der Waals surface area contributed by atoms with Gasteiger partial charge >= 0.3 is 0 Å². The van der Waals surface area contributed by atoms with E-state index in [0.717, 1.165) is 12.8 Å². The third-order valence-electron chi connectivity index (χ3n) is 3.73. The van der Waals surface area contributed by atoms with E-state index in [-0.39, 0.29) is 0 Å². The Bertz CT molecular complexity index is 195. The van der Waals surface area contributed by atoms with E-state index in [4.69, 9.17) is 4.74 Å². The Balaban J connectivity index is 4.17. The molecule has 1 nitrogen and oxygen atoms in total. The van der Waals surface area contributed by atoms with Crippen LogP contribution in [0.3, 0.4) is 0 Å². The monoisotopic (exact) mass is 270 g/mol. The maximum Gasteiger partial charge on any atom is 0.0576 e. The van der Waals surface area contributed by atoms with Crippen LogP contribution in [0, 0.1) is 10.8 Å². The highest BCUT2D eigenvalue weighted by Gasteiger charge is 2.19. The van der Waals surface area contributed by atoms with Crippen molar-refractivity contribution in [2.45, 2.75) is 106 Å². The van der Waals surface area contributed by atoms with Crippen molar-refractivity contribution in [1.29, 1.82) is 0 Å². The molecule has 0 spiro atoms. The topological polar surface area (TPSA) is 9.23 Å². The lowest BCUT2D eigenvalue weighted by Crippen LogP contribution is -2.24. The van der Waals surface area contributed by atoms with Crippen LogP contribution >= 0.6 is 0 Å². The highest BCUT2D eigenvalue weighted by atomic mass is 16.5. The van der Waals surface area contributed by atoms with Crippen LogP contribution in [-0.2, 0) is 4.74 Å². The molecule has 116 valence electrons. The van der Waals surface area contributed by atoms with Gasteiger partial charge in [-0.2, -0.15) is 0 Å². The average Bonchev–Trinajstić information content (AvgIpc) is 2.25. The largest absolute Gasteiger partial charge is 0.375 e. The molecule has 0 N–H and O–H groups in total. The van der Waals surface area contributed by atoms with E-state index in [9.17, 15) is 0 Å². The Morgan fingerprint density at radius 2 is 1.00 bits per heavy atom. The van der Waals surface area contributed by atoms with E-state index < -0.39 is 0 Å². The quantitative estimate of drug-likeness (QED) is 0.509. The van der Waals surface area contributed by atoms with Crippen LogP contribution < -0.4 is 0 Å². The van der Waals surface area contributed by atoms with Crippen molar-refractivity contribution in [1.82, 2.24) is 0 Å². The van der Waals surface area contributed by atoms with Crippen molar-refractivity contribution in [2.24, 2.45) is 10.8 Å². The normalized spacial score (nSPS) is 16.4. The summed E-state index contributed by atoms with van der Waals surface area (Å²) in [4.78, 5) is 0. The van der Waals surface area contributed by atoms with Crippen LogP contribution in [0.1, 0.15) is 93.9 Å². The number of hydrogen-bond acceptors (Lipinski definition) is 1. The van der Waals surface area contributed by atoms with Crippen molar-refractivity contribution in [3.05, 3.63) is 0 Å². The fourth-order valence-corrected chi connectivity index (χ4v) is 2.20. The molecule has 0 aliphatic heterocycles. The van der Waals surface area contributed by atoms with Crippen molar-refractivity contribution in [3.8, 4) is 0 Å². The summed E-state index contributed by atoms with van der Waals surface area (Å²) in [6.07, 6.45) is 8.08. The van der Waals surface area contributed by atoms with Crippen LogP contribution in [0.2, 0.25) is 0 Å². The molecule has 0 radical (unpaired) electrons. The molecule has 0 fully saturated rings. The van der Waals surface area contributed by atoms with Crippen molar-refractivity contribution in [2.75, 3.05) is 0 Å². The summed E-state index contributed by atoms with van der Waals surface area (Å²) in [6, 6.07) is 0. The summed E-state index contributed by atoms with van der Waals surface area (Å²) < 4.78 is 6.34. The predicted molar refractivity (Wildman–Crippen MR) is 86.6 cm³/mol. The Morgan fingerprint density at radius 3 is 1.21 bits per heavy atom. The van der Waals surface area contributed by atoms with Gasteiger partial charge in [0.25, 0.3) is 0 Å². The van der Waals surface area contributed by atoms with E-state index in [1.54, 1.807) is 0 Å². The molecular formula is C18H38O. The van der Waals surface area contributed by atoms with Gasteiger partial charge in [0.05, 0.1) is 12.2 Å². The highest BCUT2D eigenvalue weighted by molar-refractivity contribution is 4.70. The minimum Gasteiger partial charge on any atom is -0.375 e. The molecule has 0 rings (SSSR count). The van der Waals surface area contributed by atoms with Gasteiger partial charge in [0.15, 0.2) is 0 Å². The lowest BCUT2D eigenvalue weighted by molar-refractivity contribution is -0.0321. The zero-order valence-electron chi connectivity index (χ0n) is 14.8. The van der Waals surface area contributed by atoms with E-state index in [0.29, 0.717) is 23.0 Å². The standard InChI is InChI=1S/C18H38O/c1-9-15(11-13-17(3,4)5)19-16(10-2)12-14-18(6,7)8/h15-16H,9-14H2,1-8H3. The minimum absolute atomic E-state index is 0.421. The van der Waals surface area contributed by atoms with Gasteiger partial charge in [-0.15, -0.1) is 0 Å². The van der Waals surface area contributed by atoms with Gasteiger partial charge in [0, 0.05) is 0 Å². The zero-order valence-corrected chi connectivity index (χ0v) is 14.8. The number of rotatable bonds is 8. The summed E-state index contributed by atoms with van der Waals surface area (Å²) in [7, 11) is 0. The first-order valence-corrected chi connectivity index (χ1v) is 8.23. The van der Waals surface area contributed by atoms with E-state index in [1.165, 1.54) is 25.7 Å². The van der Waals surface area contributed by atoms with Gasteiger partial charge in [0.1, 0.15) is 0 Å². The molecule has 0 bridgehead atoms. The van der Waals surface area contributed by atoms with Gasteiger partial charge in [-0.25, -0.2) is 0 Å². The van der Waals surface area contributed by atoms with Crippen LogP contribution in [0.25, 0.3) is 0 Å². The molecule has 2 unspecified atom stereocenters. The first kappa shape index (κ1) is 19.0. The van der Waals surface area contributed by atoms with Crippen molar-refractivity contribution < 1.29 is 4.74 Å². The minimum atomic E-state index is 0.421. The number of hydrogen-bond donors (Lipinski definition) is 0. The molecule has 2 atom stereocenters. The molecule has 0 saturated carbocycles. The average molecular weight is 271 g/mol. The smallest absolute Gasteiger partial charge is 0.0576 e. The van der Waals surface area contributed by atoms with Gasteiger partial charge in [-0.1, -0.05) is 55.4 Å². The molecule has 0 aromatic carbocycles. The van der Waals surface area contributed by atoms with Gasteiger partial charge in [-0.3, -0.25) is 0 Å². The third-order valence-corrected chi connectivity index (χ3v) is 3.73. The SMILES string of the molecule is CCC(CCC(C)(C)C)OC(CC)CCC(C)(C)C. The first-order chi connectivity index (χ1) is 8.57. The Labute approximate surface area is 122 Å². The molecule has 0 saturated heterocycles. The van der Waals surface area contributed by atoms with Gasteiger partial charge in [0.2, 0.25) is 0 Å². The van der Waals surface area contributed by atoms with Gasteiger partial charge in [-0.05, 0) is 49.4 Å². The first-order valence-electron chi connectivity index (χ1n) is 8.23. The van der Waals surface area contributed by atoms with Crippen LogP contribution in [0.5, 0.6) is 0 Å². The third kappa shape index (κ3) is 11.5. The Hall–Kier alpha value is -0.0400.